The Bertz CT molecular complexity index is 3220. The first-order chi connectivity index (χ1) is 45.9. The van der Waals surface area contributed by atoms with E-state index in [1.807, 2.05) is 50.2 Å². The molecule has 0 aliphatic carbocycles. The molecule has 7 N–H and O–H groups in total. The maximum atomic E-state index is 15.1. The number of rotatable bonds is 38. The second-order valence-corrected chi connectivity index (χ2v) is 29.0. The van der Waals surface area contributed by atoms with Crippen molar-refractivity contribution in [3.8, 4) is 0 Å². The van der Waals surface area contributed by atoms with Crippen LogP contribution in [0.15, 0.2) is 121 Å². The Kier molecular flexibility index (Phi) is 33.8. The first-order valence-corrected chi connectivity index (χ1v) is 35.3. The molecule has 4 aromatic rings. The topological polar surface area (TPSA) is 299 Å². The summed E-state index contributed by atoms with van der Waals surface area (Å²) in [4.78, 5) is 161. The van der Waals surface area contributed by atoms with Gasteiger partial charge in [-0.25, -0.2) is 4.79 Å². The van der Waals surface area contributed by atoms with Crippen molar-refractivity contribution in [2.45, 2.75) is 172 Å². The smallest absolute Gasteiger partial charge is 0.328 e. The Morgan fingerprint density at radius 3 is 1.42 bits per heavy atom. The van der Waals surface area contributed by atoms with Crippen molar-refractivity contribution in [3.63, 3.8) is 0 Å². The van der Waals surface area contributed by atoms with E-state index in [1.165, 1.54) is 74.6 Å². The van der Waals surface area contributed by atoms with Crippen molar-refractivity contribution in [2.75, 3.05) is 61.2 Å². The summed E-state index contributed by atoms with van der Waals surface area (Å²) in [6.07, 6.45) is 1.29. The summed E-state index contributed by atoms with van der Waals surface area (Å²) >= 11 is 0. The number of hydrogen-bond acceptors (Lipinski definition) is 15. The van der Waals surface area contributed by atoms with Crippen LogP contribution in [0.5, 0.6) is 0 Å². The summed E-state index contributed by atoms with van der Waals surface area (Å²) in [6, 6.07) is 25.9. The number of nitrogens with one attached hydrogen (secondary N) is 5. The highest BCUT2D eigenvalue weighted by Crippen LogP contribution is 2.35. The highest BCUT2D eigenvalue weighted by Gasteiger charge is 2.39. The highest BCUT2D eigenvalue weighted by atomic mass is 33.1. The molecule has 0 saturated heterocycles. The monoisotopic (exact) mass is 1380 g/mol. The molecule has 9 atom stereocenters. The van der Waals surface area contributed by atoms with Gasteiger partial charge in [0.05, 0.1) is 19.7 Å². The van der Waals surface area contributed by atoms with Crippen LogP contribution in [0.1, 0.15) is 110 Å². The number of amides is 10. The van der Waals surface area contributed by atoms with Crippen LogP contribution in [-0.4, -0.2) is 210 Å². The molecule has 0 spiro atoms. The average Bonchev–Trinajstić information content (AvgIpc) is 1.18. The lowest BCUT2D eigenvalue weighted by Gasteiger charge is -2.35. The molecule has 1 unspecified atom stereocenters. The number of nitrogens with two attached hydrogens (primary N) is 1. The predicted octanol–water partition coefficient (Wildman–Crippen LogP) is 5.13. The van der Waals surface area contributed by atoms with E-state index in [9.17, 15) is 43.2 Å². The molecule has 530 valence electrons. The van der Waals surface area contributed by atoms with Gasteiger partial charge in [-0.3, -0.25) is 47.9 Å². The Hall–Kier alpha value is -8.29. The van der Waals surface area contributed by atoms with Gasteiger partial charge in [0.2, 0.25) is 59.1 Å². The molecule has 97 heavy (non-hydrogen) atoms. The van der Waals surface area contributed by atoms with E-state index < -0.39 is 114 Å². The lowest BCUT2D eigenvalue weighted by molar-refractivity contribution is -0.147. The minimum atomic E-state index is -1.30. The van der Waals surface area contributed by atoms with Crippen LogP contribution in [0.2, 0.25) is 0 Å². The van der Waals surface area contributed by atoms with Crippen molar-refractivity contribution >= 4 is 86.6 Å². The predicted molar refractivity (Wildman–Crippen MR) is 380 cm³/mol. The van der Waals surface area contributed by atoms with E-state index in [-0.39, 0.29) is 74.0 Å². The molecule has 0 radical (unpaired) electrons. The summed E-state index contributed by atoms with van der Waals surface area (Å²) in [5.41, 5.74) is 9.11. The van der Waals surface area contributed by atoms with Crippen molar-refractivity contribution < 1.29 is 57.5 Å². The van der Waals surface area contributed by atoms with Gasteiger partial charge in [0.1, 0.15) is 48.3 Å². The van der Waals surface area contributed by atoms with Crippen LogP contribution >= 0.6 is 21.6 Å². The molecular weight excluding hydrogens is 1270 g/mol. The van der Waals surface area contributed by atoms with E-state index in [4.69, 9.17) is 10.5 Å². The van der Waals surface area contributed by atoms with Gasteiger partial charge in [0.15, 0.2) is 0 Å². The third-order valence-corrected chi connectivity index (χ3v) is 19.9. The molecule has 4 rings (SSSR count). The van der Waals surface area contributed by atoms with Crippen LogP contribution < -0.4 is 32.3 Å². The van der Waals surface area contributed by atoms with Crippen molar-refractivity contribution in [3.05, 3.63) is 144 Å². The summed E-state index contributed by atoms with van der Waals surface area (Å²) in [7, 11) is 11.5. The maximum Gasteiger partial charge on any atom is 0.328 e. The molecule has 0 heterocycles. The molecule has 0 aliphatic heterocycles. The Labute approximate surface area is 581 Å². The normalized spacial score (nSPS) is 14.1. The van der Waals surface area contributed by atoms with Gasteiger partial charge in [-0.05, 0) is 67.7 Å². The molecule has 0 saturated carbocycles. The van der Waals surface area contributed by atoms with E-state index in [0.717, 1.165) is 20.9 Å². The summed E-state index contributed by atoms with van der Waals surface area (Å²) < 4.78 is 4.93. The van der Waals surface area contributed by atoms with Crippen molar-refractivity contribution in [1.29, 1.82) is 0 Å². The third-order valence-electron chi connectivity index (χ3n) is 16.5. The summed E-state index contributed by atoms with van der Waals surface area (Å²) in [5, 5.41) is 14.2. The van der Waals surface area contributed by atoms with E-state index in [2.05, 4.69) is 47.4 Å². The molecule has 0 aliphatic rings. The van der Waals surface area contributed by atoms with Gasteiger partial charge in [-0.1, -0.05) is 184 Å². The number of carbonyl (C=O) groups is 11. The van der Waals surface area contributed by atoms with Crippen molar-refractivity contribution in [1.82, 2.24) is 51.1 Å². The zero-order chi connectivity index (χ0) is 72.1. The molecule has 0 bridgehead atoms. The fourth-order valence-corrected chi connectivity index (χ4v) is 13.0. The quantitative estimate of drug-likeness (QED) is 0.0193. The number of likely N-dealkylation sites (N-methyl/N-ethyl adjacent to an activating group) is 5. The SMILES string of the molecule is CCC(=O)N(C)[C@@H](Cc1ccccc1)C(=O)N[C@@H](CCCCNC(=O)[C@@H](N)CSSC(C)(C)C)C(=O)N(C)C(CC(C)C)C(=O)N[C@@H](Cc1ccccc1)C(=O)N(C)CC(=O)N(C)[C@@H](Cc1ccccc1)C(=O)N[C@@H](C)C(=O)N(C)[C@@H](C)C(=O)N[C@@H](Cc1ccccc1)C(=O)OC. The van der Waals surface area contributed by atoms with E-state index in [0.29, 0.717) is 29.7 Å². The maximum absolute atomic E-state index is 15.1. The van der Waals surface area contributed by atoms with Crippen LogP contribution in [0.4, 0.5) is 0 Å². The molecule has 10 amide bonds. The number of benzene rings is 4. The molecule has 4 aromatic carbocycles. The Morgan fingerprint density at radius 1 is 0.505 bits per heavy atom. The Balaban J connectivity index is 1.59. The lowest BCUT2D eigenvalue weighted by Crippen LogP contribution is -2.60. The largest absolute Gasteiger partial charge is 0.467 e. The van der Waals surface area contributed by atoms with Gasteiger partial charge in [-0.15, -0.1) is 0 Å². The third kappa shape index (κ3) is 26.9. The van der Waals surface area contributed by atoms with Crippen LogP contribution in [0.3, 0.4) is 0 Å². The van der Waals surface area contributed by atoms with Gasteiger partial charge in [-0.2, -0.15) is 0 Å². The van der Waals surface area contributed by atoms with Crippen LogP contribution in [0, 0.1) is 5.92 Å². The zero-order valence-electron chi connectivity index (χ0n) is 58.8. The number of ether oxygens (including phenoxy) is 1. The van der Waals surface area contributed by atoms with E-state index in [1.54, 1.807) is 110 Å². The summed E-state index contributed by atoms with van der Waals surface area (Å²) in [6.45, 7) is 14.2. The number of methoxy groups -OCH3 is 1. The second kappa shape index (κ2) is 40.4. The first kappa shape index (κ1) is 81.1. The number of carbonyl (C=O) groups excluding carboxylic acids is 11. The lowest BCUT2D eigenvalue weighted by atomic mass is 9.98. The molecular formula is C72H103N11O12S2. The van der Waals surface area contributed by atoms with Crippen LogP contribution in [0.25, 0.3) is 0 Å². The number of unbranched alkanes of at least 4 members (excludes halogenated alkanes) is 1. The van der Waals surface area contributed by atoms with Crippen molar-refractivity contribution in [2.24, 2.45) is 11.7 Å². The fraction of sp³-hybridized carbons (Fsp3) is 0.514. The highest BCUT2D eigenvalue weighted by molar-refractivity contribution is 8.77. The van der Waals surface area contributed by atoms with Gasteiger partial charge < -0.3 is 61.6 Å². The summed E-state index contributed by atoms with van der Waals surface area (Å²) in [5.74, 6) is -6.32. The number of nitrogens with zero attached hydrogens (tertiary/aromatic N) is 5. The first-order valence-electron chi connectivity index (χ1n) is 33.0. The fourth-order valence-electron chi connectivity index (χ4n) is 10.6. The van der Waals surface area contributed by atoms with E-state index >= 15 is 9.59 Å². The van der Waals surface area contributed by atoms with Gasteiger partial charge in [0, 0.05) is 84.4 Å². The van der Waals surface area contributed by atoms with Gasteiger partial charge in [0.25, 0.3) is 0 Å². The second-order valence-electron chi connectivity index (χ2n) is 25.9. The molecule has 0 fully saturated rings. The molecule has 0 aromatic heterocycles. The number of esters is 1. The Morgan fingerprint density at radius 2 is 0.948 bits per heavy atom. The molecule has 25 heteroatoms. The zero-order valence-corrected chi connectivity index (χ0v) is 60.5. The molecule has 23 nitrogen and oxygen atoms in total. The minimum Gasteiger partial charge on any atom is -0.467 e. The average molecular weight is 1380 g/mol. The standard InChI is InChI=1S/C72H103N11O12S2/c1-15-61(84)81(11)60(44-53-36-26-19-27-37-53)67(90)76-55(38-28-29-39-74-64(87)54(73)46-96-97-72(6,7)8)70(93)83(13)58(40-47(2)3)66(89)77-56(41-50-30-20-16-21-31-50)69(92)79(9)45-62(85)82(12)59(43-52-34-24-18-25-35-52)65(88)75-48(4)68(91)80(10)49(5)63(86)78-57(71(94)95-14)42-51-32-22-17-23-33-51/h16-27,30-37,47-49,54-60H,15,28-29,38-46,73H2,1-14H3,(H,74,87)(H,75,88)(H,76,90)(H,77,89)(H,78,86)/t48-,49-,54-,55-,56-,57-,58?,59-,60-/m0/s1. The van der Waals surface area contributed by atoms with Gasteiger partial charge >= 0.3 is 5.97 Å². The number of hydrogen-bond donors (Lipinski definition) is 6. The minimum absolute atomic E-state index is 0.00659. The van der Waals surface area contributed by atoms with Crippen LogP contribution in [-0.2, 0) is 83.2 Å².